The van der Waals surface area contributed by atoms with E-state index in [9.17, 15) is 33.2 Å². The number of non-ortho nitro benzene ring substituents is 1. The molecule has 0 bridgehead atoms. The van der Waals surface area contributed by atoms with Gasteiger partial charge in [-0.25, -0.2) is 17.9 Å². The Kier molecular flexibility index (Phi) is 11.7. The number of amides is 1. The molecule has 0 unspecified atom stereocenters. The van der Waals surface area contributed by atoms with Gasteiger partial charge in [-0.15, -0.1) is 0 Å². The Labute approximate surface area is 313 Å². The van der Waals surface area contributed by atoms with Gasteiger partial charge in [0.15, 0.2) is 6.04 Å². The van der Waals surface area contributed by atoms with E-state index >= 15 is 0 Å². The number of sulfonamides is 1. The van der Waals surface area contributed by atoms with Crippen LogP contribution in [0, 0.1) is 17.0 Å². The molecule has 6 rings (SSSR count). The number of likely N-dealkylation sites (tertiary alicyclic amines) is 1. The molecule has 1 fully saturated rings. The molecule has 13 heteroatoms. The van der Waals surface area contributed by atoms with Crippen LogP contribution < -0.4 is 10.0 Å². The summed E-state index contributed by atoms with van der Waals surface area (Å²) in [6.07, 6.45) is 1.51. The fourth-order valence-corrected chi connectivity index (χ4v) is 7.78. The van der Waals surface area contributed by atoms with Crippen LogP contribution >= 0.6 is 0 Å². The van der Waals surface area contributed by atoms with Crippen molar-refractivity contribution in [3.8, 4) is 0 Å². The second kappa shape index (κ2) is 16.8. The van der Waals surface area contributed by atoms with Crippen LogP contribution in [0.15, 0.2) is 143 Å². The van der Waals surface area contributed by atoms with Crippen LogP contribution in [-0.2, 0) is 26.2 Å². The molecular weight excluding hydrogens is 707 g/mol. The number of hydrogen-bond acceptors (Lipinski definition) is 8. The molecule has 0 saturated carbocycles. The zero-order valence-corrected chi connectivity index (χ0v) is 30.2. The van der Waals surface area contributed by atoms with Crippen molar-refractivity contribution in [3.63, 3.8) is 0 Å². The van der Waals surface area contributed by atoms with Gasteiger partial charge >= 0.3 is 5.97 Å². The Balaban J connectivity index is 1.43. The average Bonchev–Trinajstić information content (AvgIpc) is 3.64. The fourth-order valence-electron chi connectivity index (χ4n) is 6.55. The lowest BCUT2D eigenvalue weighted by molar-refractivity contribution is -0.384. The number of nitro benzene ring substituents is 1. The maximum absolute atomic E-state index is 13.9. The SMILES string of the molecule is Cc1ccc(S(=O)(=O)N[C@@H](c2cccc([N+](=O)[O-])c2)[C@@H](N=C(c2ccccc2)c2ccccc2NC(=O)[C@H]2CCCN2Cc2ccccc2)C(=O)O)cc1. The first kappa shape index (κ1) is 37.7. The van der Waals surface area contributed by atoms with Crippen LogP contribution in [0.2, 0.25) is 0 Å². The molecule has 1 saturated heterocycles. The van der Waals surface area contributed by atoms with Gasteiger partial charge in [-0.05, 0) is 55.6 Å². The van der Waals surface area contributed by atoms with Crippen LogP contribution in [0.5, 0.6) is 0 Å². The van der Waals surface area contributed by atoms with Crippen molar-refractivity contribution in [2.45, 2.75) is 49.3 Å². The molecule has 3 atom stereocenters. The highest BCUT2D eigenvalue weighted by Gasteiger charge is 2.36. The number of aryl methyl sites for hydroxylation is 1. The lowest BCUT2D eigenvalue weighted by atomic mass is 9.97. The van der Waals surface area contributed by atoms with Gasteiger partial charge in [0.05, 0.1) is 33.3 Å². The molecule has 1 amide bonds. The van der Waals surface area contributed by atoms with Crippen LogP contribution in [0.3, 0.4) is 0 Å². The van der Waals surface area contributed by atoms with Gasteiger partial charge in [-0.3, -0.25) is 24.8 Å². The number of carbonyl (C=O) groups is 2. The van der Waals surface area contributed by atoms with Gasteiger partial charge in [-0.1, -0.05) is 109 Å². The Morgan fingerprint density at radius 2 is 1.57 bits per heavy atom. The second-order valence-electron chi connectivity index (χ2n) is 13.0. The van der Waals surface area contributed by atoms with Gasteiger partial charge in [0.25, 0.3) is 5.69 Å². The monoisotopic (exact) mass is 745 g/mol. The number of carbonyl (C=O) groups excluding carboxylic acids is 1. The Bertz CT molecular complexity index is 2270. The lowest BCUT2D eigenvalue weighted by Crippen LogP contribution is -2.40. The summed E-state index contributed by atoms with van der Waals surface area (Å²) in [6, 6.07) is 32.8. The minimum Gasteiger partial charge on any atom is -0.480 e. The molecule has 3 N–H and O–H groups in total. The molecule has 5 aromatic carbocycles. The molecule has 5 aromatic rings. The van der Waals surface area contributed by atoms with Crippen molar-refractivity contribution in [2.24, 2.45) is 4.99 Å². The number of anilines is 1. The van der Waals surface area contributed by atoms with Gasteiger partial charge in [-0.2, -0.15) is 0 Å². The first-order chi connectivity index (χ1) is 26.0. The van der Waals surface area contributed by atoms with Gasteiger partial charge in [0.2, 0.25) is 15.9 Å². The molecule has 0 aliphatic carbocycles. The zero-order chi connectivity index (χ0) is 38.2. The predicted molar refractivity (Wildman–Crippen MR) is 206 cm³/mol. The number of para-hydroxylation sites is 1. The molecule has 0 spiro atoms. The molecule has 1 heterocycles. The molecule has 12 nitrogen and oxygen atoms in total. The van der Waals surface area contributed by atoms with Gasteiger partial charge in [0, 0.05) is 29.8 Å². The second-order valence-corrected chi connectivity index (χ2v) is 14.8. The summed E-state index contributed by atoms with van der Waals surface area (Å²) in [5, 5.41) is 25.6. The van der Waals surface area contributed by atoms with E-state index in [1.54, 1.807) is 73.7 Å². The minimum atomic E-state index is -4.38. The molecular formula is C41H39N5O7S. The number of nitrogens with zero attached hydrogens (tertiary/aromatic N) is 3. The largest absolute Gasteiger partial charge is 0.480 e. The summed E-state index contributed by atoms with van der Waals surface area (Å²) >= 11 is 0. The van der Waals surface area contributed by atoms with E-state index in [1.165, 1.54) is 30.3 Å². The van der Waals surface area contributed by atoms with Gasteiger partial charge in [0.1, 0.15) is 0 Å². The zero-order valence-electron chi connectivity index (χ0n) is 29.4. The smallest absolute Gasteiger partial charge is 0.330 e. The van der Waals surface area contributed by atoms with E-state index in [0.717, 1.165) is 30.2 Å². The van der Waals surface area contributed by atoms with E-state index in [1.807, 2.05) is 30.3 Å². The van der Waals surface area contributed by atoms with E-state index < -0.39 is 39.0 Å². The van der Waals surface area contributed by atoms with Crippen molar-refractivity contribution in [1.82, 2.24) is 9.62 Å². The summed E-state index contributed by atoms with van der Waals surface area (Å²) < 4.78 is 30.1. The van der Waals surface area contributed by atoms with Crippen molar-refractivity contribution < 1.29 is 28.0 Å². The number of aliphatic carboxylic acids is 1. The molecule has 1 aliphatic rings. The number of carboxylic acid groups (broad SMARTS) is 1. The van der Waals surface area contributed by atoms with Crippen LogP contribution in [-0.4, -0.2) is 59.6 Å². The first-order valence-corrected chi connectivity index (χ1v) is 18.9. The molecule has 0 aromatic heterocycles. The fraction of sp³-hybridized carbons (Fsp3) is 0.195. The summed E-state index contributed by atoms with van der Waals surface area (Å²) in [7, 11) is -4.38. The molecule has 276 valence electrons. The molecule has 54 heavy (non-hydrogen) atoms. The molecule has 0 radical (unpaired) electrons. The average molecular weight is 746 g/mol. The predicted octanol–water partition coefficient (Wildman–Crippen LogP) is 6.52. The van der Waals surface area contributed by atoms with Crippen molar-refractivity contribution in [3.05, 3.63) is 171 Å². The van der Waals surface area contributed by atoms with Gasteiger partial charge < -0.3 is 10.4 Å². The summed E-state index contributed by atoms with van der Waals surface area (Å²) in [5.41, 5.74) is 3.00. The maximum Gasteiger partial charge on any atom is 0.330 e. The van der Waals surface area contributed by atoms with Crippen LogP contribution in [0.25, 0.3) is 0 Å². The highest BCUT2D eigenvalue weighted by Crippen LogP contribution is 2.30. The summed E-state index contributed by atoms with van der Waals surface area (Å²) in [5.74, 6) is -1.71. The third-order valence-electron chi connectivity index (χ3n) is 9.27. The number of carboxylic acids is 1. The standard InChI is InChI=1S/C41H39N5O7S/c1-28-21-23-33(24-22-28)54(52,53)44-38(31-16-10-17-32(26-31)46(50)51)39(41(48)49)43-37(30-14-6-3-7-15-30)34-18-8-9-19-35(34)42-40(47)36-20-11-25-45(36)27-29-12-4-2-5-13-29/h2-10,12-19,21-24,26,36,38-39,44H,11,20,25,27H2,1H3,(H,42,47)(H,48,49)/t36-,38+,39-/m1/s1. The Hall–Kier alpha value is -6.02. The third kappa shape index (κ3) is 8.94. The number of hydrogen-bond donors (Lipinski definition) is 3. The number of nitrogens with one attached hydrogen (secondary N) is 2. The van der Waals surface area contributed by atoms with Crippen molar-refractivity contribution >= 4 is 39.0 Å². The number of aliphatic imine (C=N–C) groups is 1. The third-order valence-corrected chi connectivity index (χ3v) is 10.7. The maximum atomic E-state index is 13.9. The number of benzene rings is 5. The Morgan fingerprint density at radius 1 is 0.907 bits per heavy atom. The lowest BCUT2D eigenvalue weighted by Gasteiger charge is -2.25. The molecule has 1 aliphatic heterocycles. The van der Waals surface area contributed by atoms with Crippen molar-refractivity contribution in [1.29, 1.82) is 0 Å². The van der Waals surface area contributed by atoms with Crippen LogP contribution in [0.4, 0.5) is 11.4 Å². The highest BCUT2D eigenvalue weighted by atomic mass is 32.2. The van der Waals surface area contributed by atoms with E-state index in [0.29, 0.717) is 29.8 Å². The van der Waals surface area contributed by atoms with Crippen LogP contribution in [0.1, 0.15) is 46.7 Å². The minimum absolute atomic E-state index is 0.0183. The topological polar surface area (TPSA) is 171 Å². The normalized spacial score (nSPS) is 16.0. The first-order valence-electron chi connectivity index (χ1n) is 17.4. The quantitative estimate of drug-likeness (QED) is 0.0656. The van der Waals surface area contributed by atoms with E-state index in [4.69, 9.17) is 4.99 Å². The van der Waals surface area contributed by atoms with E-state index in [2.05, 4.69) is 14.9 Å². The summed E-state index contributed by atoms with van der Waals surface area (Å²) in [6.45, 7) is 3.16. The highest BCUT2D eigenvalue weighted by molar-refractivity contribution is 7.89. The van der Waals surface area contributed by atoms with E-state index in [-0.39, 0.29) is 27.8 Å². The summed E-state index contributed by atoms with van der Waals surface area (Å²) in [4.78, 5) is 45.1. The van der Waals surface area contributed by atoms with Crippen molar-refractivity contribution in [2.75, 3.05) is 11.9 Å². The number of nitro groups is 1. The number of rotatable bonds is 14. The Morgan fingerprint density at radius 3 is 2.26 bits per heavy atom.